The van der Waals surface area contributed by atoms with E-state index in [1.54, 1.807) is 0 Å². The van der Waals surface area contributed by atoms with Gasteiger partial charge in [-0.25, -0.2) is 0 Å². The smallest absolute Gasteiger partial charge is 0.307 e. The van der Waals surface area contributed by atoms with Crippen LogP contribution in [0.15, 0.2) is 0 Å². The van der Waals surface area contributed by atoms with E-state index in [1.165, 1.54) is 0 Å². The molecule has 78 valence electrons. The van der Waals surface area contributed by atoms with Gasteiger partial charge < -0.3 is 5.11 Å². The zero-order valence-corrected chi connectivity index (χ0v) is 8.45. The number of ketones is 1. The third-order valence-electron chi connectivity index (χ3n) is 4.16. The Balaban J connectivity index is 2.29. The van der Waals surface area contributed by atoms with E-state index in [9.17, 15) is 9.59 Å². The largest absolute Gasteiger partial charge is 0.481 e. The van der Waals surface area contributed by atoms with Crippen molar-refractivity contribution in [3.8, 4) is 0 Å². The summed E-state index contributed by atoms with van der Waals surface area (Å²) in [6.07, 6.45) is 3.90. The molecule has 0 aliphatic heterocycles. The van der Waals surface area contributed by atoms with E-state index in [1.807, 2.05) is 6.92 Å². The minimum absolute atomic E-state index is 0.0253. The van der Waals surface area contributed by atoms with Crippen molar-refractivity contribution in [2.45, 2.75) is 39.0 Å². The Morgan fingerprint density at radius 3 is 2.86 bits per heavy atom. The molecule has 3 atom stereocenters. The van der Waals surface area contributed by atoms with Gasteiger partial charge in [-0.3, -0.25) is 9.59 Å². The zero-order valence-electron chi connectivity index (χ0n) is 8.45. The van der Waals surface area contributed by atoms with Gasteiger partial charge in [0, 0.05) is 12.3 Å². The van der Waals surface area contributed by atoms with E-state index in [2.05, 4.69) is 0 Å². The first-order chi connectivity index (χ1) is 6.55. The van der Waals surface area contributed by atoms with Crippen LogP contribution in [0.4, 0.5) is 0 Å². The Labute approximate surface area is 83.5 Å². The van der Waals surface area contributed by atoms with E-state index < -0.39 is 5.97 Å². The lowest BCUT2D eigenvalue weighted by molar-refractivity contribution is -0.147. The van der Waals surface area contributed by atoms with Gasteiger partial charge in [0.25, 0.3) is 0 Å². The minimum atomic E-state index is -0.718. The van der Waals surface area contributed by atoms with Gasteiger partial charge in [0.1, 0.15) is 5.78 Å². The van der Waals surface area contributed by atoms with Crippen LogP contribution in [0.1, 0.15) is 39.0 Å². The van der Waals surface area contributed by atoms with E-state index in [-0.39, 0.29) is 17.3 Å². The molecule has 1 N–H and O–H groups in total. The summed E-state index contributed by atoms with van der Waals surface area (Å²) in [5, 5.41) is 9.09. The Morgan fingerprint density at radius 2 is 2.21 bits per heavy atom. The predicted octanol–water partition coefficient (Wildman–Crippen LogP) is 1.86. The number of rotatable bonds is 1. The number of carboxylic acids is 1. The molecule has 3 heteroatoms. The average Bonchev–Trinajstić information content (AvgIpc) is 2.43. The van der Waals surface area contributed by atoms with Gasteiger partial charge in [0.2, 0.25) is 0 Å². The number of carbonyl (C=O) groups is 2. The van der Waals surface area contributed by atoms with Crippen LogP contribution in [-0.2, 0) is 9.59 Å². The fourth-order valence-corrected chi connectivity index (χ4v) is 3.34. The molecule has 0 unspecified atom stereocenters. The zero-order chi connectivity index (χ0) is 10.3. The van der Waals surface area contributed by atoms with Crippen molar-refractivity contribution in [1.29, 1.82) is 0 Å². The Hall–Kier alpha value is -0.860. The summed E-state index contributed by atoms with van der Waals surface area (Å²) in [6.45, 7) is 1.99. The number of hydrogen-bond donors (Lipinski definition) is 1. The van der Waals surface area contributed by atoms with Crippen molar-refractivity contribution in [2.24, 2.45) is 17.3 Å². The number of Topliss-reactive ketones (excluding diaryl/α,β-unsaturated/α-hetero) is 1. The lowest BCUT2D eigenvalue weighted by atomic mass is 9.65. The molecule has 0 aromatic carbocycles. The molecule has 0 spiro atoms. The summed E-state index contributed by atoms with van der Waals surface area (Å²) in [5.74, 6) is -0.693. The highest BCUT2D eigenvalue weighted by Gasteiger charge is 2.53. The van der Waals surface area contributed by atoms with Crippen molar-refractivity contribution >= 4 is 11.8 Å². The molecule has 0 aromatic rings. The molecule has 0 radical (unpaired) electrons. The number of hydrogen-bond acceptors (Lipinski definition) is 2. The van der Waals surface area contributed by atoms with Gasteiger partial charge >= 0.3 is 5.97 Å². The van der Waals surface area contributed by atoms with E-state index in [0.29, 0.717) is 18.6 Å². The normalized spacial score (nSPS) is 42.2. The van der Waals surface area contributed by atoms with Gasteiger partial charge in [-0.2, -0.15) is 0 Å². The molecule has 2 aliphatic rings. The van der Waals surface area contributed by atoms with Crippen LogP contribution < -0.4 is 0 Å². The maximum atomic E-state index is 11.7. The topological polar surface area (TPSA) is 54.4 Å². The second kappa shape index (κ2) is 3.07. The van der Waals surface area contributed by atoms with Crippen molar-refractivity contribution in [2.75, 3.05) is 0 Å². The van der Waals surface area contributed by atoms with Gasteiger partial charge in [0.05, 0.1) is 5.92 Å². The quantitative estimate of drug-likeness (QED) is 0.696. The fraction of sp³-hybridized carbons (Fsp3) is 0.818. The van der Waals surface area contributed by atoms with Crippen LogP contribution in [-0.4, -0.2) is 16.9 Å². The molecule has 2 rings (SSSR count). The summed E-state index contributed by atoms with van der Waals surface area (Å²) >= 11 is 0. The average molecular weight is 196 g/mol. The molecule has 0 heterocycles. The van der Waals surface area contributed by atoms with Gasteiger partial charge in [-0.15, -0.1) is 0 Å². The second-order valence-electron chi connectivity index (χ2n) is 4.85. The van der Waals surface area contributed by atoms with Crippen molar-refractivity contribution < 1.29 is 14.7 Å². The maximum absolute atomic E-state index is 11.7. The molecule has 0 bridgehead atoms. The first kappa shape index (κ1) is 9.69. The highest BCUT2D eigenvalue weighted by atomic mass is 16.4. The van der Waals surface area contributed by atoms with Crippen LogP contribution in [0.5, 0.6) is 0 Å². The molecular formula is C11H16O3. The lowest BCUT2D eigenvalue weighted by Crippen LogP contribution is -2.39. The maximum Gasteiger partial charge on any atom is 0.307 e. The van der Waals surface area contributed by atoms with Crippen LogP contribution in [0, 0.1) is 17.3 Å². The van der Waals surface area contributed by atoms with Gasteiger partial charge in [0.15, 0.2) is 0 Å². The molecule has 2 aliphatic carbocycles. The van der Waals surface area contributed by atoms with Crippen molar-refractivity contribution in [3.63, 3.8) is 0 Å². The van der Waals surface area contributed by atoms with Gasteiger partial charge in [-0.05, 0) is 31.1 Å². The number of carboxylic acid groups (broad SMARTS) is 1. The minimum Gasteiger partial charge on any atom is -0.481 e. The van der Waals surface area contributed by atoms with Gasteiger partial charge in [-0.1, -0.05) is 6.92 Å². The Kier molecular flexibility index (Phi) is 2.13. The number of carbonyl (C=O) groups excluding carboxylic acids is 1. The lowest BCUT2D eigenvalue weighted by Gasteiger charge is -2.37. The second-order valence-corrected chi connectivity index (χ2v) is 4.85. The van der Waals surface area contributed by atoms with Crippen LogP contribution in [0.25, 0.3) is 0 Å². The summed E-state index contributed by atoms with van der Waals surface area (Å²) in [5.41, 5.74) is -0.249. The molecule has 0 aromatic heterocycles. The summed E-state index contributed by atoms with van der Waals surface area (Å²) in [4.78, 5) is 22.7. The van der Waals surface area contributed by atoms with Crippen LogP contribution in [0.3, 0.4) is 0 Å². The van der Waals surface area contributed by atoms with E-state index in [4.69, 9.17) is 5.11 Å². The summed E-state index contributed by atoms with van der Waals surface area (Å²) in [7, 11) is 0. The van der Waals surface area contributed by atoms with E-state index in [0.717, 1.165) is 19.3 Å². The van der Waals surface area contributed by atoms with Crippen molar-refractivity contribution in [1.82, 2.24) is 0 Å². The SMILES string of the molecule is C[C@]12CCCC(=O)[C@@H]1CC[C@@H]2C(=O)O. The molecule has 2 saturated carbocycles. The van der Waals surface area contributed by atoms with Crippen molar-refractivity contribution in [3.05, 3.63) is 0 Å². The molecule has 0 amide bonds. The van der Waals surface area contributed by atoms with Crippen LogP contribution >= 0.6 is 0 Å². The molecule has 2 fully saturated rings. The first-order valence-corrected chi connectivity index (χ1v) is 5.31. The Morgan fingerprint density at radius 1 is 1.50 bits per heavy atom. The highest BCUT2D eigenvalue weighted by Crippen LogP contribution is 2.54. The molecule has 0 saturated heterocycles. The first-order valence-electron chi connectivity index (χ1n) is 5.31. The molecule has 3 nitrogen and oxygen atoms in total. The fourth-order valence-electron chi connectivity index (χ4n) is 3.34. The third-order valence-corrected chi connectivity index (χ3v) is 4.16. The standard InChI is InChI=1S/C11H16O3/c1-11-6-2-3-9(12)7(11)4-5-8(11)10(13)14/h7-8H,2-6H2,1H3,(H,13,14)/t7-,8+,11-/m0/s1. The number of fused-ring (bicyclic) bond motifs is 1. The summed E-state index contributed by atoms with van der Waals surface area (Å²) in [6, 6.07) is 0. The summed E-state index contributed by atoms with van der Waals surface area (Å²) < 4.78 is 0. The Bertz CT molecular complexity index is 276. The molecular weight excluding hydrogens is 180 g/mol. The number of aliphatic carboxylic acids is 1. The highest BCUT2D eigenvalue weighted by molar-refractivity contribution is 5.85. The van der Waals surface area contributed by atoms with E-state index >= 15 is 0 Å². The monoisotopic (exact) mass is 196 g/mol. The molecule has 14 heavy (non-hydrogen) atoms. The van der Waals surface area contributed by atoms with Crippen LogP contribution in [0.2, 0.25) is 0 Å². The third kappa shape index (κ3) is 1.18. The predicted molar refractivity (Wildman–Crippen MR) is 50.8 cm³/mol.